The summed E-state index contributed by atoms with van der Waals surface area (Å²) in [6.45, 7) is 3.22. The predicted octanol–water partition coefficient (Wildman–Crippen LogP) is 1.95. The monoisotopic (exact) mass is 408 g/mol. The number of carbonyl (C=O) groups is 2. The molecule has 2 aromatic heterocycles. The molecule has 1 amide bonds. The van der Waals surface area contributed by atoms with Crippen LogP contribution in [0.4, 0.5) is 4.79 Å². The van der Waals surface area contributed by atoms with E-state index in [0.29, 0.717) is 37.8 Å². The van der Waals surface area contributed by atoms with E-state index < -0.39 is 5.97 Å². The van der Waals surface area contributed by atoms with Crippen LogP contribution >= 0.6 is 0 Å². The highest BCUT2D eigenvalue weighted by atomic mass is 16.5. The van der Waals surface area contributed by atoms with Crippen LogP contribution < -0.4 is 4.74 Å². The van der Waals surface area contributed by atoms with Crippen LogP contribution in [0.3, 0.4) is 0 Å². The van der Waals surface area contributed by atoms with Crippen LogP contribution in [-0.2, 0) is 6.54 Å². The van der Waals surface area contributed by atoms with Crippen LogP contribution in [-0.4, -0.2) is 72.8 Å². The van der Waals surface area contributed by atoms with Crippen molar-refractivity contribution >= 4 is 12.0 Å². The summed E-state index contributed by atoms with van der Waals surface area (Å²) in [5.74, 6) is 0.0316. The van der Waals surface area contributed by atoms with Gasteiger partial charge in [0.25, 0.3) is 0 Å². The average molecular weight is 408 g/mol. The molecule has 0 atom stereocenters. The minimum atomic E-state index is -1.16. The molecule has 1 aromatic carbocycles. The standard InChI is InChI=1S/C20H20N6O4/c27-19(28)17-5-7-26(23-17)20(29)25-10-8-24(9-11-25)13-15-2-1-3-16(12-15)30-18-4-6-21-14-22-18/h1-7,12,14H,8-11,13H2,(H,27,28). The van der Waals surface area contributed by atoms with Gasteiger partial charge in [0, 0.05) is 51.2 Å². The Kier molecular flexibility index (Phi) is 5.66. The fraction of sp³-hybridized carbons (Fsp3) is 0.250. The molecule has 0 radical (unpaired) electrons. The Morgan fingerprint density at radius 3 is 2.63 bits per heavy atom. The van der Waals surface area contributed by atoms with Crippen LogP contribution in [0.1, 0.15) is 16.1 Å². The smallest absolute Gasteiger partial charge is 0.356 e. The molecule has 0 aliphatic carbocycles. The normalized spacial score (nSPS) is 14.5. The van der Waals surface area contributed by atoms with Crippen molar-refractivity contribution in [3.63, 3.8) is 0 Å². The summed E-state index contributed by atoms with van der Waals surface area (Å²) < 4.78 is 6.83. The molecule has 0 saturated carbocycles. The largest absolute Gasteiger partial charge is 0.476 e. The van der Waals surface area contributed by atoms with Gasteiger partial charge in [0.1, 0.15) is 12.1 Å². The van der Waals surface area contributed by atoms with Crippen molar-refractivity contribution in [1.29, 1.82) is 0 Å². The fourth-order valence-corrected chi connectivity index (χ4v) is 3.21. The second-order valence-corrected chi connectivity index (χ2v) is 6.79. The molecule has 0 spiro atoms. The third-order valence-electron chi connectivity index (χ3n) is 4.73. The molecular formula is C20H20N6O4. The van der Waals surface area contributed by atoms with Crippen molar-refractivity contribution in [1.82, 2.24) is 29.5 Å². The number of rotatable bonds is 5. The number of hydrogen-bond donors (Lipinski definition) is 1. The number of carboxylic acid groups (broad SMARTS) is 1. The summed E-state index contributed by atoms with van der Waals surface area (Å²) in [4.78, 5) is 35.3. The van der Waals surface area contributed by atoms with Crippen molar-refractivity contribution in [2.45, 2.75) is 6.54 Å². The second-order valence-electron chi connectivity index (χ2n) is 6.79. The molecule has 1 fully saturated rings. The van der Waals surface area contributed by atoms with Crippen molar-refractivity contribution in [2.75, 3.05) is 26.2 Å². The Morgan fingerprint density at radius 2 is 1.93 bits per heavy atom. The summed E-state index contributed by atoms with van der Waals surface area (Å²) in [7, 11) is 0. The van der Waals surface area contributed by atoms with E-state index >= 15 is 0 Å². The van der Waals surface area contributed by atoms with Gasteiger partial charge in [-0.3, -0.25) is 4.90 Å². The first-order valence-electron chi connectivity index (χ1n) is 9.42. The van der Waals surface area contributed by atoms with Gasteiger partial charge in [-0.25, -0.2) is 19.6 Å². The predicted molar refractivity (Wildman–Crippen MR) is 105 cm³/mol. The third kappa shape index (κ3) is 4.61. The minimum absolute atomic E-state index is 0.147. The molecule has 10 heteroatoms. The minimum Gasteiger partial charge on any atom is -0.476 e. The van der Waals surface area contributed by atoms with E-state index in [1.165, 1.54) is 18.6 Å². The molecular weight excluding hydrogens is 388 g/mol. The summed E-state index contributed by atoms with van der Waals surface area (Å²) in [5, 5.41) is 12.7. The maximum atomic E-state index is 12.5. The summed E-state index contributed by atoms with van der Waals surface area (Å²) in [6, 6.07) is 10.5. The molecule has 1 N–H and O–H groups in total. The number of amides is 1. The number of piperazine rings is 1. The lowest BCUT2D eigenvalue weighted by atomic mass is 10.2. The highest BCUT2D eigenvalue weighted by Crippen LogP contribution is 2.21. The van der Waals surface area contributed by atoms with E-state index in [-0.39, 0.29) is 11.7 Å². The van der Waals surface area contributed by atoms with E-state index in [1.54, 1.807) is 17.2 Å². The molecule has 0 unspecified atom stereocenters. The lowest BCUT2D eigenvalue weighted by Gasteiger charge is -2.34. The van der Waals surface area contributed by atoms with Crippen LogP contribution in [0.15, 0.2) is 55.1 Å². The molecule has 1 saturated heterocycles. The molecule has 1 aliphatic heterocycles. The Hall–Kier alpha value is -3.79. The van der Waals surface area contributed by atoms with Crippen molar-refractivity contribution < 1.29 is 19.4 Å². The van der Waals surface area contributed by atoms with E-state index in [0.717, 1.165) is 16.8 Å². The van der Waals surface area contributed by atoms with Crippen LogP contribution in [0, 0.1) is 0 Å². The number of carbonyl (C=O) groups excluding carboxylic acids is 1. The van der Waals surface area contributed by atoms with Crippen LogP contribution in [0.5, 0.6) is 11.6 Å². The topological polar surface area (TPSA) is 114 Å². The number of aromatic carboxylic acids is 1. The molecule has 3 aromatic rings. The third-order valence-corrected chi connectivity index (χ3v) is 4.73. The van der Waals surface area contributed by atoms with E-state index in [9.17, 15) is 9.59 Å². The molecule has 4 rings (SSSR count). The Morgan fingerprint density at radius 1 is 1.10 bits per heavy atom. The lowest BCUT2D eigenvalue weighted by molar-refractivity contribution is 0.0689. The molecule has 3 heterocycles. The average Bonchev–Trinajstić information content (AvgIpc) is 3.26. The molecule has 154 valence electrons. The number of aromatic nitrogens is 4. The maximum absolute atomic E-state index is 12.5. The van der Waals surface area contributed by atoms with Gasteiger partial charge in [0.15, 0.2) is 5.69 Å². The first-order valence-corrected chi connectivity index (χ1v) is 9.42. The van der Waals surface area contributed by atoms with Crippen molar-refractivity contribution in [3.8, 4) is 11.6 Å². The van der Waals surface area contributed by atoms with Gasteiger partial charge in [0.2, 0.25) is 5.88 Å². The number of benzene rings is 1. The van der Waals surface area contributed by atoms with Crippen LogP contribution in [0.25, 0.3) is 0 Å². The van der Waals surface area contributed by atoms with Gasteiger partial charge in [-0.1, -0.05) is 12.1 Å². The number of nitrogens with zero attached hydrogens (tertiary/aromatic N) is 6. The molecule has 1 aliphatic rings. The Labute approximate surface area is 172 Å². The number of ether oxygens (including phenoxy) is 1. The highest BCUT2D eigenvalue weighted by Gasteiger charge is 2.23. The van der Waals surface area contributed by atoms with Crippen molar-refractivity contribution in [2.24, 2.45) is 0 Å². The van der Waals surface area contributed by atoms with E-state index in [2.05, 4.69) is 20.0 Å². The zero-order chi connectivity index (χ0) is 20.9. The van der Waals surface area contributed by atoms with Gasteiger partial charge >= 0.3 is 12.0 Å². The van der Waals surface area contributed by atoms with Gasteiger partial charge in [-0.15, -0.1) is 0 Å². The first-order chi connectivity index (χ1) is 14.6. The Bertz CT molecular complexity index is 1030. The SMILES string of the molecule is O=C(O)c1ccn(C(=O)N2CCN(Cc3cccc(Oc4ccncn4)c3)CC2)n1. The van der Waals surface area contributed by atoms with E-state index in [1.807, 2.05) is 24.3 Å². The Balaban J connectivity index is 1.32. The number of hydrogen-bond acceptors (Lipinski definition) is 7. The van der Waals surface area contributed by atoms with Gasteiger partial charge in [-0.2, -0.15) is 9.78 Å². The summed E-state index contributed by atoms with van der Waals surface area (Å²) in [5.41, 5.74) is 0.950. The van der Waals surface area contributed by atoms with Crippen LogP contribution in [0.2, 0.25) is 0 Å². The summed E-state index contributed by atoms with van der Waals surface area (Å²) >= 11 is 0. The van der Waals surface area contributed by atoms with Gasteiger partial charge in [0.05, 0.1) is 0 Å². The fourth-order valence-electron chi connectivity index (χ4n) is 3.21. The highest BCUT2D eigenvalue weighted by molar-refractivity contribution is 5.86. The lowest BCUT2D eigenvalue weighted by Crippen LogP contribution is -2.49. The zero-order valence-electron chi connectivity index (χ0n) is 16.1. The molecule has 30 heavy (non-hydrogen) atoms. The zero-order valence-corrected chi connectivity index (χ0v) is 16.1. The number of carboxylic acids is 1. The maximum Gasteiger partial charge on any atom is 0.356 e. The van der Waals surface area contributed by atoms with Gasteiger partial charge < -0.3 is 14.7 Å². The first kappa shape index (κ1) is 19.5. The summed E-state index contributed by atoms with van der Waals surface area (Å²) in [6.07, 6.45) is 4.44. The van der Waals surface area contributed by atoms with E-state index in [4.69, 9.17) is 9.84 Å². The van der Waals surface area contributed by atoms with Crippen molar-refractivity contribution in [3.05, 3.63) is 66.4 Å². The molecule has 0 bridgehead atoms. The quantitative estimate of drug-likeness (QED) is 0.681. The second kappa shape index (κ2) is 8.70. The van der Waals surface area contributed by atoms with Gasteiger partial charge in [-0.05, 0) is 23.8 Å². The molecule has 10 nitrogen and oxygen atoms in total.